The maximum Gasteiger partial charge on any atom is 0.427 e. The van der Waals surface area contributed by atoms with E-state index < -0.39 is 7.60 Å². The molecule has 0 saturated carbocycles. The molecule has 0 radical (unpaired) electrons. The summed E-state index contributed by atoms with van der Waals surface area (Å²) in [6.45, 7) is 7.45. The van der Waals surface area contributed by atoms with Gasteiger partial charge in [-0.2, -0.15) is 4.62 Å². The number of ether oxygens (including phenoxy) is 1. The summed E-state index contributed by atoms with van der Waals surface area (Å²) in [6.07, 6.45) is 4.67. The third-order valence-electron chi connectivity index (χ3n) is 4.02. The van der Waals surface area contributed by atoms with Gasteiger partial charge in [-0.25, -0.2) is 15.0 Å². The molecule has 2 aromatic rings. The van der Waals surface area contributed by atoms with Crippen LogP contribution in [0, 0.1) is 13.8 Å². The van der Waals surface area contributed by atoms with Crippen LogP contribution in [0.1, 0.15) is 37.8 Å². The first kappa shape index (κ1) is 21.8. The van der Waals surface area contributed by atoms with E-state index in [2.05, 4.69) is 10.5 Å². The van der Waals surface area contributed by atoms with Crippen molar-refractivity contribution in [3.8, 4) is 17.2 Å². The smallest absolute Gasteiger partial charge is 0.427 e. The lowest BCUT2D eigenvalue weighted by Crippen LogP contribution is -2.08. The Balaban J connectivity index is 2.36. The summed E-state index contributed by atoms with van der Waals surface area (Å²) in [4.78, 5) is 4.19. The lowest BCUT2D eigenvalue weighted by atomic mass is 10.2. The van der Waals surface area contributed by atoms with Crippen LogP contribution < -0.4 is 14.7 Å². The molecule has 0 spiro atoms. The van der Waals surface area contributed by atoms with Gasteiger partial charge in [-0.1, -0.05) is 26.0 Å². The van der Waals surface area contributed by atoms with E-state index in [9.17, 15) is 9.67 Å². The first-order chi connectivity index (χ1) is 13.3. The van der Waals surface area contributed by atoms with E-state index in [0.29, 0.717) is 29.5 Å². The number of nitrogens with one attached hydrogen (secondary N) is 1. The first-order valence-corrected chi connectivity index (χ1v) is 10.6. The number of rotatable bonds is 9. The van der Waals surface area contributed by atoms with Crippen LogP contribution in [-0.2, 0) is 9.19 Å². The van der Waals surface area contributed by atoms with E-state index in [-0.39, 0.29) is 17.2 Å². The van der Waals surface area contributed by atoms with Gasteiger partial charge in [-0.15, -0.1) is 0 Å². The maximum absolute atomic E-state index is 13.6. The van der Waals surface area contributed by atoms with E-state index >= 15 is 0 Å². The molecular weight excluding hydrogens is 379 g/mol. The van der Waals surface area contributed by atoms with Gasteiger partial charge >= 0.3 is 7.60 Å². The second-order valence-corrected chi connectivity index (χ2v) is 8.19. The summed E-state index contributed by atoms with van der Waals surface area (Å²) >= 11 is 0. The van der Waals surface area contributed by atoms with Gasteiger partial charge < -0.3 is 14.4 Å². The first-order valence-electron chi connectivity index (χ1n) is 9.07. The number of methoxy groups -OCH3 is 1. The second-order valence-electron chi connectivity index (χ2n) is 6.25. The highest BCUT2D eigenvalue weighted by molar-refractivity contribution is 7.58. The number of phenolic OH excluding ortho intramolecular Hbond substituents is 1. The predicted octanol–water partition coefficient (Wildman–Crippen LogP) is 5.73. The number of hydrogen-bond acceptors (Lipinski definition) is 7. The fraction of sp³-hybridized carbons (Fsp3) is 0.350. The molecule has 0 aliphatic carbocycles. The van der Waals surface area contributed by atoms with Crippen LogP contribution in [0.4, 0.5) is 5.82 Å². The molecule has 7 nitrogen and oxygen atoms in total. The summed E-state index contributed by atoms with van der Waals surface area (Å²) in [5.41, 5.74) is 4.17. The fourth-order valence-corrected chi connectivity index (χ4v) is 4.18. The topological polar surface area (TPSA) is 89.9 Å². The molecule has 28 heavy (non-hydrogen) atoms. The molecule has 0 amide bonds. The van der Waals surface area contributed by atoms with E-state index in [1.807, 2.05) is 32.9 Å². The van der Waals surface area contributed by atoms with Gasteiger partial charge in [-0.05, 0) is 49.9 Å². The molecule has 152 valence electrons. The van der Waals surface area contributed by atoms with E-state index in [4.69, 9.17) is 13.9 Å². The number of hydrogen-bond donors (Lipinski definition) is 2. The second kappa shape index (κ2) is 9.62. The molecule has 1 heterocycles. The van der Waals surface area contributed by atoms with Gasteiger partial charge in [0.1, 0.15) is 11.6 Å². The Hall–Kier alpha value is -2.50. The molecule has 2 rings (SSSR count). The van der Waals surface area contributed by atoms with Crippen LogP contribution >= 0.6 is 7.60 Å². The number of pyridine rings is 1. The number of aromatic hydroxyl groups is 1. The van der Waals surface area contributed by atoms with Crippen LogP contribution in [0.5, 0.6) is 17.2 Å². The van der Waals surface area contributed by atoms with Gasteiger partial charge in [0, 0.05) is 12.3 Å². The molecule has 1 aromatic carbocycles. The van der Waals surface area contributed by atoms with Crippen molar-refractivity contribution in [1.29, 1.82) is 0 Å². The van der Waals surface area contributed by atoms with Crippen molar-refractivity contribution in [2.45, 2.75) is 40.5 Å². The zero-order valence-corrected chi connectivity index (χ0v) is 17.7. The Kier molecular flexibility index (Phi) is 7.49. The standard InChI is InChI=1S/C20H27N2O5P/c1-6-8-17(7-2)28(24,27-22-19-10-9-14(3)13-21-19)26-16-11-15(4)20(23)18(12-16)25-5/h8-13,23H,6-7H2,1-5H3,(H,21,22)/b17-8+. The molecule has 8 heteroatoms. The van der Waals surface area contributed by atoms with Gasteiger partial charge in [0.05, 0.1) is 12.4 Å². The average molecular weight is 406 g/mol. The van der Waals surface area contributed by atoms with Crippen molar-refractivity contribution in [1.82, 2.24) is 4.98 Å². The Labute approximate surface area is 165 Å². The predicted molar refractivity (Wildman–Crippen MR) is 110 cm³/mol. The Morgan fingerprint density at radius 2 is 2.04 bits per heavy atom. The molecule has 0 fully saturated rings. The Bertz CT molecular complexity index is 881. The molecule has 2 N–H and O–H groups in total. The number of benzene rings is 1. The molecule has 1 aromatic heterocycles. The minimum absolute atomic E-state index is 0.00685. The molecule has 0 aliphatic rings. The zero-order valence-electron chi connectivity index (χ0n) is 16.9. The zero-order chi connectivity index (χ0) is 20.7. The third kappa shape index (κ3) is 5.27. The van der Waals surface area contributed by atoms with Gasteiger partial charge in [-0.3, -0.25) is 0 Å². The third-order valence-corrected chi connectivity index (χ3v) is 6.01. The van der Waals surface area contributed by atoms with Gasteiger partial charge in [0.25, 0.3) is 0 Å². The quantitative estimate of drug-likeness (QED) is 0.406. The number of allylic oxidation sites excluding steroid dienone is 2. The lowest BCUT2D eigenvalue weighted by Gasteiger charge is -2.22. The minimum Gasteiger partial charge on any atom is -0.504 e. The monoisotopic (exact) mass is 406 g/mol. The highest BCUT2D eigenvalue weighted by atomic mass is 31.2. The van der Waals surface area contributed by atoms with Crippen LogP contribution in [0.15, 0.2) is 41.9 Å². The van der Waals surface area contributed by atoms with Gasteiger partial charge in [0.15, 0.2) is 11.5 Å². The van der Waals surface area contributed by atoms with Crippen molar-refractivity contribution in [2.24, 2.45) is 0 Å². The highest BCUT2D eigenvalue weighted by Crippen LogP contribution is 2.57. The lowest BCUT2D eigenvalue weighted by molar-refractivity contribution is 0.320. The van der Waals surface area contributed by atoms with Crippen molar-refractivity contribution in [2.75, 3.05) is 12.6 Å². The molecule has 0 saturated heterocycles. The average Bonchev–Trinajstić information content (AvgIpc) is 2.68. The number of aryl methyl sites for hydroxylation is 2. The normalized spacial score (nSPS) is 13.7. The largest absolute Gasteiger partial charge is 0.504 e. The van der Waals surface area contributed by atoms with Crippen LogP contribution in [-0.4, -0.2) is 17.2 Å². The Morgan fingerprint density at radius 3 is 2.61 bits per heavy atom. The number of nitrogens with zero attached hydrogens (tertiary/aromatic N) is 1. The number of anilines is 1. The molecule has 0 bridgehead atoms. The fourth-order valence-electron chi connectivity index (χ4n) is 2.52. The summed E-state index contributed by atoms with van der Waals surface area (Å²) in [7, 11) is -2.30. The van der Waals surface area contributed by atoms with Crippen LogP contribution in [0.2, 0.25) is 0 Å². The van der Waals surface area contributed by atoms with Crippen molar-refractivity contribution in [3.05, 3.63) is 53.0 Å². The highest BCUT2D eigenvalue weighted by Gasteiger charge is 2.32. The minimum atomic E-state index is -3.74. The SMILES string of the molecule is CC/C=C(\CC)P(=O)(ONc1ccc(C)cn1)Oc1cc(C)c(O)c(OC)c1. The molecular formula is C20H27N2O5P. The van der Waals surface area contributed by atoms with Crippen molar-refractivity contribution in [3.63, 3.8) is 0 Å². The number of phenols is 1. The summed E-state index contributed by atoms with van der Waals surface area (Å²) in [6, 6.07) is 6.64. The summed E-state index contributed by atoms with van der Waals surface area (Å²) in [5.74, 6) is 0.921. The van der Waals surface area contributed by atoms with E-state index in [1.54, 1.807) is 25.3 Å². The number of aromatic nitrogens is 1. The van der Waals surface area contributed by atoms with Gasteiger partial charge in [0.2, 0.25) is 0 Å². The molecule has 1 atom stereocenters. The van der Waals surface area contributed by atoms with Crippen LogP contribution in [0.25, 0.3) is 0 Å². The maximum atomic E-state index is 13.6. The Morgan fingerprint density at radius 1 is 1.29 bits per heavy atom. The van der Waals surface area contributed by atoms with Crippen LogP contribution in [0.3, 0.4) is 0 Å². The molecule has 1 unspecified atom stereocenters. The molecule has 0 aliphatic heterocycles. The summed E-state index contributed by atoms with van der Waals surface area (Å²) in [5, 5.41) is 10.6. The van der Waals surface area contributed by atoms with E-state index in [0.717, 1.165) is 5.56 Å². The van der Waals surface area contributed by atoms with Crippen molar-refractivity contribution >= 4 is 13.4 Å². The van der Waals surface area contributed by atoms with E-state index in [1.165, 1.54) is 13.2 Å². The van der Waals surface area contributed by atoms with Crippen molar-refractivity contribution < 1.29 is 23.6 Å². The summed E-state index contributed by atoms with van der Waals surface area (Å²) < 4.78 is 30.2.